The van der Waals surface area contributed by atoms with Gasteiger partial charge in [-0.25, -0.2) is 9.48 Å². The first-order valence-corrected chi connectivity index (χ1v) is 10.7. The number of nitrogen functional groups attached to an aromatic ring is 1. The van der Waals surface area contributed by atoms with Crippen LogP contribution in [0, 0.1) is 0 Å². The first-order chi connectivity index (χ1) is 13.9. The number of nitrogens with two attached hydrogens (primary N) is 1. The maximum absolute atomic E-state index is 12.7. The molecule has 3 N–H and O–H groups in total. The molecule has 29 heavy (non-hydrogen) atoms. The minimum Gasteiger partial charge on any atom is -0.383 e. The summed E-state index contributed by atoms with van der Waals surface area (Å²) in [7, 11) is 1.47. The largest absolute Gasteiger partial charge is 0.383 e. The summed E-state index contributed by atoms with van der Waals surface area (Å²) in [5, 5.41) is 12.4. The Morgan fingerprint density at radius 2 is 2.07 bits per heavy atom. The van der Waals surface area contributed by atoms with Gasteiger partial charge in [-0.15, -0.1) is 5.10 Å². The fourth-order valence-electron chi connectivity index (χ4n) is 3.45. The molecule has 2 heterocycles. The molecule has 0 atom stereocenters. The van der Waals surface area contributed by atoms with Crippen LogP contribution in [-0.2, 0) is 11.3 Å². The standard InChI is InChI=1S/C17H26N8O3S/c1-3-4-9-24-14(18)13(15(27)19-16(24)28)23(2)12(26)10-29-17-20-21-22-25(17)11-7-5-6-8-11/h11H,3-10,18H2,1-2H3,(H,19,27,28). The number of unbranched alkanes of at least 4 members (excludes halogenated alkanes) is 1. The number of thioether (sulfide) groups is 1. The molecule has 0 bridgehead atoms. The number of tetrazole rings is 1. The molecular formula is C17H26N8O3S. The Morgan fingerprint density at radius 1 is 1.34 bits per heavy atom. The Kier molecular flexibility index (Phi) is 6.72. The van der Waals surface area contributed by atoms with Crippen molar-refractivity contribution in [2.24, 2.45) is 0 Å². The van der Waals surface area contributed by atoms with Crippen LogP contribution in [0.3, 0.4) is 0 Å². The zero-order chi connectivity index (χ0) is 21.0. The number of aromatic nitrogens is 6. The Hall–Kier alpha value is -2.63. The van der Waals surface area contributed by atoms with Crippen LogP contribution in [0.5, 0.6) is 0 Å². The fourth-order valence-corrected chi connectivity index (χ4v) is 4.30. The lowest BCUT2D eigenvalue weighted by Gasteiger charge is -2.20. The Labute approximate surface area is 171 Å². The zero-order valence-corrected chi connectivity index (χ0v) is 17.4. The lowest BCUT2D eigenvalue weighted by molar-refractivity contribution is -0.115. The van der Waals surface area contributed by atoms with Crippen LogP contribution >= 0.6 is 11.8 Å². The van der Waals surface area contributed by atoms with E-state index in [9.17, 15) is 14.4 Å². The summed E-state index contributed by atoms with van der Waals surface area (Å²) >= 11 is 1.22. The molecule has 0 saturated heterocycles. The molecule has 1 amide bonds. The smallest absolute Gasteiger partial charge is 0.330 e. The van der Waals surface area contributed by atoms with Crippen LogP contribution in [0.25, 0.3) is 0 Å². The second-order valence-corrected chi connectivity index (χ2v) is 8.03. The summed E-state index contributed by atoms with van der Waals surface area (Å²) in [6, 6.07) is 0.265. The second-order valence-electron chi connectivity index (χ2n) is 7.08. The molecule has 1 aliphatic rings. The van der Waals surface area contributed by atoms with E-state index < -0.39 is 11.2 Å². The van der Waals surface area contributed by atoms with Gasteiger partial charge in [0.1, 0.15) is 5.82 Å². The van der Waals surface area contributed by atoms with E-state index in [0.717, 1.165) is 38.5 Å². The molecule has 0 aromatic carbocycles. The first kappa shape index (κ1) is 21.1. The van der Waals surface area contributed by atoms with E-state index in [-0.39, 0.29) is 29.2 Å². The molecule has 2 aromatic rings. The number of hydrogen-bond donors (Lipinski definition) is 2. The third-order valence-electron chi connectivity index (χ3n) is 5.12. The minimum atomic E-state index is -0.683. The van der Waals surface area contributed by atoms with E-state index in [4.69, 9.17) is 5.73 Å². The van der Waals surface area contributed by atoms with Gasteiger partial charge in [0.05, 0.1) is 11.8 Å². The third-order valence-corrected chi connectivity index (χ3v) is 6.04. The number of carbonyl (C=O) groups excluding carboxylic acids is 1. The highest BCUT2D eigenvalue weighted by molar-refractivity contribution is 7.99. The van der Waals surface area contributed by atoms with Crippen molar-refractivity contribution in [1.82, 2.24) is 29.8 Å². The van der Waals surface area contributed by atoms with Crippen molar-refractivity contribution in [1.29, 1.82) is 0 Å². The molecule has 11 nitrogen and oxygen atoms in total. The van der Waals surface area contributed by atoms with Gasteiger partial charge in [-0.05, 0) is 29.7 Å². The Morgan fingerprint density at radius 3 is 2.76 bits per heavy atom. The zero-order valence-electron chi connectivity index (χ0n) is 16.6. The number of amides is 1. The van der Waals surface area contributed by atoms with Crippen LogP contribution in [0.15, 0.2) is 14.7 Å². The minimum absolute atomic E-state index is 0.0103. The van der Waals surface area contributed by atoms with Gasteiger partial charge in [-0.2, -0.15) is 0 Å². The van der Waals surface area contributed by atoms with E-state index in [2.05, 4.69) is 20.5 Å². The molecule has 0 spiro atoms. The summed E-state index contributed by atoms with van der Waals surface area (Å²) in [4.78, 5) is 40.5. The number of carbonyl (C=O) groups is 1. The van der Waals surface area contributed by atoms with Gasteiger partial charge in [-0.3, -0.25) is 19.1 Å². The van der Waals surface area contributed by atoms with Gasteiger partial charge in [0, 0.05) is 13.6 Å². The number of anilines is 2. The van der Waals surface area contributed by atoms with E-state index in [0.29, 0.717) is 11.7 Å². The van der Waals surface area contributed by atoms with Gasteiger partial charge in [-0.1, -0.05) is 37.9 Å². The highest BCUT2D eigenvalue weighted by atomic mass is 32.2. The SMILES string of the molecule is CCCCn1c(N)c(N(C)C(=O)CSc2nnnn2C2CCCC2)c(=O)[nH]c1=O. The maximum Gasteiger partial charge on any atom is 0.330 e. The molecule has 0 radical (unpaired) electrons. The van der Waals surface area contributed by atoms with Gasteiger partial charge < -0.3 is 10.6 Å². The predicted octanol–water partition coefficient (Wildman–Crippen LogP) is 0.776. The number of rotatable bonds is 8. The van der Waals surface area contributed by atoms with Crippen LogP contribution < -0.4 is 21.9 Å². The van der Waals surface area contributed by atoms with Gasteiger partial charge >= 0.3 is 5.69 Å². The molecule has 158 valence electrons. The van der Waals surface area contributed by atoms with Crippen molar-refractivity contribution in [2.45, 2.75) is 63.2 Å². The van der Waals surface area contributed by atoms with Crippen molar-refractivity contribution >= 4 is 29.2 Å². The van der Waals surface area contributed by atoms with E-state index in [1.165, 1.54) is 28.3 Å². The molecule has 0 aliphatic heterocycles. The average molecular weight is 423 g/mol. The third kappa shape index (κ3) is 4.52. The molecule has 1 fully saturated rings. The molecule has 1 aliphatic carbocycles. The highest BCUT2D eigenvalue weighted by Crippen LogP contribution is 2.31. The summed E-state index contributed by atoms with van der Waals surface area (Å²) in [5.41, 5.74) is 4.78. The summed E-state index contributed by atoms with van der Waals surface area (Å²) < 4.78 is 3.06. The van der Waals surface area contributed by atoms with E-state index in [1.807, 2.05) is 6.92 Å². The van der Waals surface area contributed by atoms with Gasteiger partial charge in [0.2, 0.25) is 11.1 Å². The monoisotopic (exact) mass is 422 g/mol. The number of aromatic amines is 1. The molecule has 12 heteroatoms. The summed E-state index contributed by atoms with van der Waals surface area (Å²) in [6.07, 6.45) is 5.93. The number of nitrogens with one attached hydrogen (secondary N) is 1. The van der Waals surface area contributed by atoms with Crippen LogP contribution in [0.4, 0.5) is 11.5 Å². The molecular weight excluding hydrogens is 396 g/mol. The average Bonchev–Trinajstić information content (AvgIpc) is 3.36. The number of nitrogens with zero attached hydrogens (tertiary/aromatic N) is 6. The fraction of sp³-hybridized carbons (Fsp3) is 0.647. The van der Waals surface area contributed by atoms with Crippen molar-refractivity contribution in [3.05, 3.63) is 20.8 Å². The van der Waals surface area contributed by atoms with Gasteiger partial charge in [0.15, 0.2) is 5.69 Å². The van der Waals surface area contributed by atoms with Crippen LogP contribution in [-0.4, -0.2) is 48.5 Å². The highest BCUT2D eigenvalue weighted by Gasteiger charge is 2.24. The van der Waals surface area contributed by atoms with Crippen LogP contribution in [0.1, 0.15) is 51.5 Å². The van der Waals surface area contributed by atoms with Crippen LogP contribution in [0.2, 0.25) is 0 Å². The predicted molar refractivity (Wildman–Crippen MR) is 110 cm³/mol. The first-order valence-electron chi connectivity index (χ1n) is 9.73. The lowest BCUT2D eigenvalue weighted by Crippen LogP contribution is -2.40. The molecule has 1 saturated carbocycles. The molecule has 2 aromatic heterocycles. The summed E-state index contributed by atoms with van der Waals surface area (Å²) in [6.45, 7) is 2.36. The van der Waals surface area contributed by atoms with Crippen molar-refractivity contribution < 1.29 is 4.79 Å². The lowest BCUT2D eigenvalue weighted by atomic mass is 10.3. The normalized spacial score (nSPS) is 14.4. The molecule has 3 rings (SSSR count). The van der Waals surface area contributed by atoms with Crippen molar-refractivity contribution in [2.75, 3.05) is 23.4 Å². The van der Waals surface area contributed by atoms with E-state index >= 15 is 0 Å². The Balaban J connectivity index is 1.75. The number of hydrogen-bond acceptors (Lipinski definition) is 8. The van der Waals surface area contributed by atoms with E-state index in [1.54, 1.807) is 4.68 Å². The molecule has 0 unspecified atom stereocenters. The maximum atomic E-state index is 12.7. The quantitative estimate of drug-likeness (QED) is 0.594. The summed E-state index contributed by atoms with van der Waals surface area (Å²) in [5.74, 6) is -0.311. The topological polar surface area (TPSA) is 145 Å². The second kappa shape index (κ2) is 9.25. The Bertz CT molecular complexity index is 976. The van der Waals surface area contributed by atoms with Crippen molar-refractivity contribution in [3.8, 4) is 0 Å². The van der Waals surface area contributed by atoms with Gasteiger partial charge in [0.25, 0.3) is 5.56 Å². The number of H-pyrrole nitrogens is 1. The van der Waals surface area contributed by atoms with Crippen molar-refractivity contribution in [3.63, 3.8) is 0 Å².